The van der Waals surface area contributed by atoms with Gasteiger partial charge >= 0.3 is 0 Å². The molecule has 1 aliphatic rings. The van der Waals surface area contributed by atoms with Crippen LogP contribution in [0.5, 0.6) is 5.75 Å². The molecule has 160 valence electrons. The number of nitrogens with zero attached hydrogens (tertiary/aromatic N) is 1. The first-order valence-corrected chi connectivity index (χ1v) is 10.1. The van der Waals surface area contributed by atoms with Crippen LogP contribution in [0.4, 0.5) is 0 Å². The highest BCUT2D eigenvalue weighted by atomic mass is 16.5. The number of aliphatic hydroxyl groups excluding tert-OH is 1. The average Bonchev–Trinajstić information content (AvgIpc) is 3.54. The fourth-order valence-electron chi connectivity index (χ4n) is 4.16. The summed E-state index contributed by atoms with van der Waals surface area (Å²) in [6.07, 6.45) is 3.29. The van der Waals surface area contributed by atoms with Gasteiger partial charge in [0.1, 0.15) is 17.3 Å². The first kappa shape index (κ1) is 19.7. The van der Waals surface area contributed by atoms with E-state index in [9.17, 15) is 14.7 Å². The van der Waals surface area contributed by atoms with Crippen LogP contribution in [0.2, 0.25) is 0 Å². The molecule has 32 heavy (non-hydrogen) atoms. The molecule has 7 nitrogen and oxygen atoms in total. The Kier molecular flexibility index (Phi) is 4.78. The number of aromatic nitrogens is 1. The van der Waals surface area contributed by atoms with Crippen molar-refractivity contribution in [2.45, 2.75) is 12.6 Å². The monoisotopic (exact) mass is 428 g/mol. The zero-order valence-corrected chi connectivity index (χ0v) is 17.2. The second-order valence-corrected chi connectivity index (χ2v) is 7.52. The number of methoxy groups -OCH3 is 1. The van der Waals surface area contributed by atoms with Gasteiger partial charge in [-0.2, -0.15) is 0 Å². The van der Waals surface area contributed by atoms with Crippen LogP contribution in [0, 0.1) is 0 Å². The number of likely N-dealkylation sites (tertiary alicyclic amines) is 1. The second-order valence-electron chi connectivity index (χ2n) is 7.52. The van der Waals surface area contributed by atoms with Gasteiger partial charge in [0.05, 0.1) is 31.5 Å². The van der Waals surface area contributed by atoms with Gasteiger partial charge in [-0.25, -0.2) is 0 Å². The number of hydrogen-bond acceptors (Lipinski definition) is 5. The first-order valence-electron chi connectivity index (χ1n) is 10.1. The van der Waals surface area contributed by atoms with Gasteiger partial charge in [0.15, 0.2) is 0 Å². The van der Waals surface area contributed by atoms with Crippen molar-refractivity contribution in [3.8, 4) is 5.75 Å². The van der Waals surface area contributed by atoms with Crippen LogP contribution in [0.3, 0.4) is 0 Å². The van der Waals surface area contributed by atoms with Crippen LogP contribution in [0.25, 0.3) is 16.7 Å². The van der Waals surface area contributed by atoms with Gasteiger partial charge in [-0.15, -0.1) is 0 Å². The van der Waals surface area contributed by atoms with E-state index in [1.165, 1.54) is 11.2 Å². The molecule has 2 aromatic heterocycles. The van der Waals surface area contributed by atoms with Crippen molar-refractivity contribution in [3.05, 3.63) is 95.6 Å². The van der Waals surface area contributed by atoms with Crippen molar-refractivity contribution >= 4 is 28.4 Å². The van der Waals surface area contributed by atoms with Crippen LogP contribution in [0.1, 0.15) is 22.9 Å². The molecular weight excluding hydrogens is 408 g/mol. The number of hydrogen-bond donors (Lipinski definition) is 2. The lowest BCUT2D eigenvalue weighted by molar-refractivity contribution is -0.140. The van der Waals surface area contributed by atoms with Crippen molar-refractivity contribution in [2.24, 2.45) is 0 Å². The van der Waals surface area contributed by atoms with E-state index >= 15 is 0 Å². The summed E-state index contributed by atoms with van der Waals surface area (Å²) >= 11 is 0. The summed E-state index contributed by atoms with van der Waals surface area (Å²) in [6.45, 7) is 0.0984. The Labute approximate surface area is 183 Å². The number of para-hydroxylation sites is 1. The lowest BCUT2D eigenvalue weighted by Gasteiger charge is -2.24. The number of aromatic amines is 1. The molecule has 0 saturated carbocycles. The molecule has 1 amide bonds. The molecule has 1 aliphatic heterocycles. The molecule has 3 heterocycles. The number of H-pyrrole nitrogens is 1. The van der Waals surface area contributed by atoms with E-state index in [1.807, 2.05) is 24.3 Å². The summed E-state index contributed by atoms with van der Waals surface area (Å²) in [6, 6.07) is 17.0. The number of furan rings is 1. The standard InChI is InChI=1S/C25H20N2O5/c1-31-16-10-8-15(9-11-16)23(28)21-22(19-13-26-20-7-3-2-6-18(19)20)27(25(30)24(21)29)14-17-5-4-12-32-17/h2-13,22,26,28H,14H2,1H3/b23-21+. The third kappa shape index (κ3) is 3.15. The summed E-state index contributed by atoms with van der Waals surface area (Å²) in [5.74, 6) is -0.496. The Balaban J connectivity index is 1.69. The second kappa shape index (κ2) is 7.77. The van der Waals surface area contributed by atoms with Crippen LogP contribution in [-0.4, -0.2) is 33.8 Å². The highest BCUT2D eigenvalue weighted by Gasteiger charge is 2.47. The number of nitrogens with one attached hydrogen (secondary N) is 1. The van der Waals surface area contributed by atoms with E-state index in [2.05, 4.69) is 4.98 Å². The zero-order chi connectivity index (χ0) is 22.2. The summed E-state index contributed by atoms with van der Waals surface area (Å²) < 4.78 is 10.6. The first-order chi connectivity index (χ1) is 15.6. The molecule has 1 fully saturated rings. The van der Waals surface area contributed by atoms with Crippen molar-refractivity contribution in [2.75, 3.05) is 7.11 Å². The van der Waals surface area contributed by atoms with E-state index in [0.717, 1.165) is 16.5 Å². The summed E-state index contributed by atoms with van der Waals surface area (Å²) in [5, 5.41) is 12.0. The Morgan fingerprint density at radius 2 is 1.88 bits per heavy atom. The highest BCUT2D eigenvalue weighted by molar-refractivity contribution is 6.46. The normalized spacial score (nSPS) is 17.9. The number of Topliss-reactive ketones (excluding diaryl/α,β-unsaturated/α-hetero) is 1. The molecule has 5 rings (SSSR count). The SMILES string of the molecule is COc1ccc(/C(O)=C2\C(=O)C(=O)N(Cc3ccco3)C2c2c[nH]c3ccccc23)cc1. The Morgan fingerprint density at radius 3 is 2.59 bits per heavy atom. The van der Waals surface area contributed by atoms with E-state index in [-0.39, 0.29) is 17.9 Å². The minimum Gasteiger partial charge on any atom is -0.507 e. The van der Waals surface area contributed by atoms with Crippen LogP contribution in [0.15, 0.2) is 83.1 Å². The number of amides is 1. The van der Waals surface area contributed by atoms with Crippen molar-refractivity contribution < 1.29 is 23.8 Å². The van der Waals surface area contributed by atoms with Crippen LogP contribution < -0.4 is 4.74 Å². The molecule has 1 unspecified atom stereocenters. The third-order valence-corrected chi connectivity index (χ3v) is 5.73. The van der Waals surface area contributed by atoms with Gasteiger partial charge in [-0.1, -0.05) is 18.2 Å². The Morgan fingerprint density at radius 1 is 1.09 bits per heavy atom. The maximum absolute atomic E-state index is 13.1. The van der Waals surface area contributed by atoms with Crippen molar-refractivity contribution in [1.82, 2.24) is 9.88 Å². The number of aliphatic hydroxyl groups is 1. The lowest BCUT2D eigenvalue weighted by Crippen LogP contribution is -2.29. The number of fused-ring (bicyclic) bond motifs is 1. The van der Waals surface area contributed by atoms with E-state index in [0.29, 0.717) is 17.1 Å². The number of rotatable bonds is 5. The van der Waals surface area contributed by atoms with Crippen LogP contribution in [-0.2, 0) is 16.1 Å². The molecule has 0 bridgehead atoms. The fraction of sp³-hybridized carbons (Fsp3) is 0.120. The van der Waals surface area contributed by atoms with E-state index in [1.54, 1.807) is 49.7 Å². The summed E-state index contributed by atoms with van der Waals surface area (Å²) in [7, 11) is 1.55. The Hall–Kier alpha value is -4.26. The van der Waals surface area contributed by atoms with E-state index in [4.69, 9.17) is 9.15 Å². The highest BCUT2D eigenvalue weighted by Crippen LogP contribution is 2.42. The maximum atomic E-state index is 13.1. The molecule has 0 radical (unpaired) electrons. The predicted octanol–water partition coefficient (Wildman–Crippen LogP) is 4.39. The van der Waals surface area contributed by atoms with Gasteiger partial charge in [0, 0.05) is 28.2 Å². The van der Waals surface area contributed by atoms with Gasteiger partial charge in [0.2, 0.25) is 0 Å². The fourth-order valence-corrected chi connectivity index (χ4v) is 4.16. The smallest absolute Gasteiger partial charge is 0.296 e. The van der Waals surface area contributed by atoms with E-state index < -0.39 is 17.7 Å². The number of carbonyl (C=O) groups is 2. The molecule has 1 saturated heterocycles. The average molecular weight is 428 g/mol. The summed E-state index contributed by atoms with van der Waals surface area (Å²) in [5.41, 5.74) is 2.06. The quantitative estimate of drug-likeness (QED) is 0.279. The molecule has 2 aromatic carbocycles. The molecule has 0 spiro atoms. The minimum atomic E-state index is -0.779. The molecule has 2 N–H and O–H groups in total. The van der Waals surface area contributed by atoms with Gasteiger partial charge in [-0.3, -0.25) is 9.59 Å². The molecule has 0 aliphatic carbocycles. The number of benzene rings is 2. The van der Waals surface area contributed by atoms with Crippen LogP contribution >= 0.6 is 0 Å². The minimum absolute atomic E-state index is 0.0384. The predicted molar refractivity (Wildman–Crippen MR) is 118 cm³/mol. The van der Waals surface area contributed by atoms with Gasteiger partial charge in [-0.05, 0) is 42.5 Å². The van der Waals surface area contributed by atoms with Crippen molar-refractivity contribution in [3.63, 3.8) is 0 Å². The van der Waals surface area contributed by atoms with Gasteiger partial charge < -0.3 is 24.1 Å². The zero-order valence-electron chi connectivity index (χ0n) is 17.2. The topological polar surface area (TPSA) is 95.8 Å². The molecule has 1 atom stereocenters. The summed E-state index contributed by atoms with van der Waals surface area (Å²) in [4.78, 5) is 30.9. The number of ether oxygens (including phenoxy) is 1. The van der Waals surface area contributed by atoms with Crippen molar-refractivity contribution in [1.29, 1.82) is 0 Å². The largest absolute Gasteiger partial charge is 0.507 e. The molecular formula is C25H20N2O5. The number of carbonyl (C=O) groups excluding carboxylic acids is 2. The number of ketones is 1. The Bertz CT molecular complexity index is 1330. The maximum Gasteiger partial charge on any atom is 0.296 e. The van der Waals surface area contributed by atoms with Gasteiger partial charge in [0.25, 0.3) is 11.7 Å². The lowest BCUT2D eigenvalue weighted by atomic mass is 9.95. The third-order valence-electron chi connectivity index (χ3n) is 5.73. The molecule has 7 heteroatoms. The molecule has 4 aromatic rings.